The van der Waals surface area contributed by atoms with Crippen molar-refractivity contribution in [2.45, 2.75) is 0 Å². The average Bonchev–Trinajstić information content (AvgIpc) is 1.87. The van der Waals surface area contributed by atoms with Gasteiger partial charge >= 0.3 is 16.2 Å². The van der Waals surface area contributed by atoms with Gasteiger partial charge in [0.15, 0.2) is 0 Å². The summed E-state index contributed by atoms with van der Waals surface area (Å²) in [6, 6.07) is 0. The number of hydrogen-bond donors (Lipinski definition) is 1. The van der Waals surface area contributed by atoms with Crippen molar-refractivity contribution in [1.82, 2.24) is 0 Å². The molecule has 0 aliphatic carbocycles. The molecular formula is C5H8N3O2S+. The van der Waals surface area contributed by atoms with E-state index >= 15 is 0 Å². The van der Waals surface area contributed by atoms with Gasteiger partial charge in [-0.3, -0.25) is 5.41 Å². The van der Waals surface area contributed by atoms with Gasteiger partial charge in [-0.15, -0.1) is 9.15 Å². The van der Waals surface area contributed by atoms with Gasteiger partial charge in [0, 0.05) is 0 Å². The highest BCUT2D eigenvalue weighted by molar-refractivity contribution is 7.89. The summed E-state index contributed by atoms with van der Waals surface area (Å²) in [5.41, 5.74) is 0. The first-order valence-electron chi connectivity index (χ1n) is 2.63. The molecule has 0 aromatic carbocycles. The van der Waals surface area contributed by atoms with Crippen molar-refractivity contribution in [1.29, 1.82) is 10.7 Å². The van der Waals surface area contributed by atoms with E-state index in [2.05, 4.69) is 0 Å². The molecule has 0 radical (unpaired) electrons. The zero-order valence-electron chi connectivity index (χ0n) is 6.20. The van der Waals surface area contributed by atoms with Gasteiger partial charge in [0.25, 0.3) is 0 Å². The summed E-state index contributed by atoms with van der Waals surface area (Å²) in [7, 11) is -1.28. The third-order valence-corrected chi connectivity index (χ3v) is 2.85. The topological polar surface area (TPSA) is 81.8 Å². The van der Waals surface area contributed by atoms with Crippen LogP contribution in [0.25, 0.3) is 0 Å². The van der Waals surface area contributed by atoms with Crippen LogP contribution in [0, 0.1) is 16.9 Å². The summed E-state index contributed by atoms with van der Waals surface area (Å²) in [4.78, 5) is 0. The van der Waals surface area contributed by atoms with Gasteiger partial charge in [-0.2, -0.15) is 8.42 Å². The fourth-order valence-electron chi connectivity index (χ4n) is 0.263. The number of nitrogens with zero attached hydrogens (tertiary/aromatic N) is 2. The van der Waals surface area contributed by atoms with Crippen LogP contribution in [0.2, 0.25) is 0 Å². The summed E-state index contributed by atoms with van der Waals surface area (Å²) in [6.45, 7) is 0. The standard InChI is InChI=1S/C5H8N3O2S/c1-8(2,5-7)11(9,10)4-3-6/h4,6H,1-2H3/q+1. The number of quaternary nitrogens is 1. The first kappa shape index (κ1) is 9.85. The Balaban J connectivity index is 5.22. The zero-order chi connectivity index (χ0) is 9.12. The van der Waals surface area contributed by atoms with Crippen LogP contribution >= 0.6 is 0 Å². The predicted octanol–water partition coefficient (Wildman–Crippen LogP) is -0.364. The molecule has 0 saturated heterocycles. The Kier molecular flexibility index (Phi) is 2.55. The first-order chi connectivity index (χ1) is 4.87. The van der Waals surface area contributed by atoms with E-state index in [-0.39, 0.29) is 0 Å². The summed E-state index contributed by atoms with van der Waals surface area (Å²) in [5.74, 6) is 1.62. The molecule has 60 valence electrons. The van der Waals surface area contributed by atoms with Crippen LogP contribution in [0.1, 0.15) is 0 Å². The van der Waals surface area contributed by atoms with Gasteiger partial charge in [-0.25, -0.2) is 0 Å². The number of hydrogen-bond acceptors (Lipinski definition) is 4. The molecule has 1 N–H and O–H groups in total. The smallest absolute Gasteiger partial charge is 0.258 e. The third kappa shape index (κ3) is 1.88. The van der Waals surface area contributed by atoms with Crippen LogP contribution in [0.5, 0.6) is 0 Å². The van der Waals surface area contributed by atoms with Crippen molar-refractivity contribution < 1.29 is 12.3 Å². The Morgan fingerprint density at radius 2 is 2.00 bits per heavy atom. The molecule has 0 saturated carbocycles. The lowest BCUT2D eigenvalue weighted by Crippen LogP contribution is -2.39. The van der Waals surface area contributed by atoms with E-state index in [1.807, 2.05) is 0 Å². The summed E-state index contributed by atoms with van der Waals surface area (Å²) in [6.07, 6.45) is 1.56. The molecular weight excluding hydrogens is 166 g/mol. The number of sulfonamides is 1. The lowest BCUT2D eigenvalue weighted by Gasteiger charge is -2.13. The van der Waals surface area contributed by atoms with E-state index in [1.165, 1.54) is 14.1 Å². The monoisotopic (exact) mass is 174 g/mol. The molecule has 0 spiro atoms. The lowest BCUT2D eigenvalue weighted by molar-refractivity contribution is -0.686. The van der Waals surface area contributed by atoms with E-state index < -0.39 is 13.9 Å². The normalized spacial score (nSPS) is 11.4. The number of rotatable bonds is 2. The second kappa shape index (κ2) is 2.84. The van der Waals surface area contributed by atoms with Gasteiger partial charge < -0.3 is 0 Å². The first-order valence-corrected chi connectivity index (χ1v) is 4.14. The highest BCUT2D eigenvalue weighted by Gasteiger charge is 2.30. The molecule has 0 aliphatic rings. The Labute approximate surface area is 65.3 Å². The Hall–Kier alpha value is -1.15. The molecule has 0 atom stereocenters. The second-order valence-corrected chi connectivity index (χ2v) is 4.41. The van der Waals surface area contributed by atoms with E-state index in [0.29, 0.717) is 5.41 Å². The van der Waals surface area contributed by atoms with Gasteiger partial charge in [-0.05, 0) is 5.87 Å². The fraction of sp³-hybridized carbons (Fsp3) is 0.400. The van der Waals surface area contributed by atoms with Crippen LogP contribution in [0.3, 0.4) is 0 Å². The van der Waals surface area contributed by atoms with Crippen LogP contribution in [-0.4, -0.2) is 32.3 Å². The summed E-state index contributed by atoms with van der Waals surface area (Å²) >= 11 is 0. The van der Waals surface area contributed by atoms with Crippen LogP contribution < -0.4 is 0 Å². The summed E-state index contributed by atoms with van der Waals surface area (Å²) < 4.78 is 21.2. The molecule has 6 heteroatoms. The van der Waals surface area contributed by atoms with Gasteiger partial charge in [-0.1, -0.05) is 0 Å². The highest BCUT2D eigenvalue weighted by Crippen LogP contribution is 2.05. The maximum atomic E-state index is 11.0. The molecule has 0 aromatic heterocycles. The van der Waals surface area contributed by atoms with Crippen molar-refractivity contribution in [2.24, 2.45) is 0 Å². The Bertz CT molecular complexity index is 329. The molecule has 0 unspecified atom stereocenters. The minimum absolute atomic E-state index is 0.566. The van der Waals surface area contributed by atoms with E-state index in [9.17, 15) is 8.42 Å². The van der Waals surface area contributed by atoms with Crippen LogP contribution in [0.4, 0.5) is 0 Å². The molecule has 0 aliphatic heterocycles. The molecule has 0 bridgehead atoms. The molecule has 5 nitrogen and oxygen atoms in total. The van der Waals surface area contributed by atoms with Crippen molar-refractivity contribution in [3.63, 3.8) is 0 Å². The minimum atomic E-state index is -3.71. The van der Waals surface area contributed by atoms with Gasteiger partial charge in [0.1, 0.15) is 5.41 Å². The predicted molar refractivity (Wildman–Crippen MR) is 38.9 cm³/mol. The fourth-order valence-corrected chi connectivity index (χ4v) is 0.789. The number of nitriles is 1. The molecule has 0 rings (SSSR count). The molecule has 0 fully saturated rings. The largest absolute Gasteiger partial charge is 0.342 e. The quantitative estimate of drug-likeness (QED) is 0.352. The Morgan fingerprint density at radius 1 is 1.55 bits per heavy atom. The lowest BCUT2D eigenvalue weighted by atomic mass is 11.0. The molecule has 0 heterocycles. The minimum Gasteiger partial charge on any atom is -0.258 e. The summed E-state index contributed by atoms with van der Waals surface area (Å²) in [5, 5.41) is 15.4. The van der Waals surface area contributed by atoms with Gasteiger partial charge in [0.2, 0.25) is 0 Å². The van der Waals surface area contributed by atoms with Crippen molar-refractivity contribution >= 4 is 15.9 Å². The van der Waals surface area contributed by atoms with Crippen LogP contribution in [-0.2, 0) is 10.0 Å². The Morgan fingerprint density at radius 3 is 2.27 bits per heavy atom. The maximum absolute atomic E-state index is 11.0. The highest BCUT2D eigenvalue weighted by atomic mass is 32.2. The van der Waals surface area contributed by atoms with E-state index in [0.717, 1.165) is 0 Å². The average molecular weight is 174 g/mol. The van der Waals surface area contributed by atoms with Crippen molar-refractivity contribution in [2.75, 3.05) is 14.1 Å². The maximum Gasteiger partial charge on any atom is 0.342 e. The molecule has 0 aromatic rings. The van der Waals surface area contributed by atoms with E-state index in [4.69, 9.17) is 10.7 Å². The van der Waals surface area contributed by atoms with Crippen LogP contribution in [0.15, 0.2) is 5.41 Å². The van der Waals surface area contributed by atoms with Crippen molar-refractivity contribution in [3.05, 3.63) is 5.41 Å². The number of nitrogens with one attached hydrogen (secondary N) is 1. The zero-order valence-corrected chi connectivity index (χ0v) is 7.01. The SMILES string of the molecule is C[N+](C)(C#N)S(=O)(=O)C=C=N. The second-order valence-electron chi connectivity index (χ2n) is 2.23. The van der Waals surface area contributed by atoms with Crippen molar-refractivity contribution in [3.8, 4) is 6.19 Å². The van der Waals surface area contributed by atoms with Gasteiger partial charge in [0.05, 0.1) is 14.1 Å². The molecule has 0 amide bonds. The van der Waals surface area contributed by atoms with E-state index in [1.54, 1.807) is 12.1 Å². The molecule has 11 heavy (non-hydrogen) atoms. The third-order valence-electron chi connectivity index (χ3n) is 1.08.